The Morgan fingerprint density at radius 3 is 2.33 bits per heavy atom. The molecule has 3 N–H and O–H groups in total. The van der Waals surface area contributed by atoms with Gasteiger partial charge in [0.05, 0.1) is 0 Å². The van der Waals surface area contributed by atoms with Crippen LogP contribution in [0.3, 0.4) is 0 Å². The van der Waals surface area contributed by atoms with Crippen LogP contribution in [0.4, 0.5) is 0 Å². The molecule has 0 rings (SSSR count). The Morgan fingerprint density at radius 1 is 1.40 bits per heavy atom. The lowest BCUT2D eigenvalue weighted by Gasteiger charge is -2.21. The van der Waals surface area contributed by atoms with Crippen LogP contribution in [-0.4, -0.2) is 34.7 Å². The van der Waals surface area contributed by atoms with E-state index < -0.39 is 17.5 Å². The van der Waals surface area contributed by atoms with Crippen molar-refractivity contribution in [1.82, 2.24) is 5.32 Å². The van der Waals surface area contributed by atoms with Gasteiger partial charge < -0.3 is 15.5 Å². The van der Waals surface area contributed by atoms with E-state index in [-0.39, 0.29) is 18.9 Å². The van der Waals surface area contributed by atoms with Crippen LogP contribution >= 0.6 is 0 Å². The summed E-state index contributed by atoms with van der Waals surface area (Å²) in [5, 5.41) is 19.9. The van der Waals surface area contributed by atoms with Gasteiger partial charge in [0.15, 0.2) is 6.10 Å². The largest absolute Gasteiger partial charge is 0.479 e. The Morgan fingerprint density at radius 2 is 1.93 bits per heavy atom. The summed E-state index contributed by atoms with van der Waals surface area (Å²) in [6, 6.07) is 0. The van der Waals surface area contributed by atoms with E-state index in [0.29, 0.717) is 6.42 Å². The number of aliphatic hydroxyl groups is 1. The molecule has 0 aromatic carbocycles. The minimum Gasteiger partial charge on any atom is -0.479 e. The second-order valence-electron chi connectivity index (χ2n) is 4.14. The third-order valence-electron chi connectivity index (χ3n) is 2.49. The van der Waals surface area contributed by atoms with Gasteiger partial charge in [-0.3, -0.25) is 4.79 Å². The van der Waals surface area contributed by atoms with Gasteiger partial charge in [-0.1, -0.05) is 20.8 Å². The first-order chi connectivity index (χ1) is 6.81. The number of hydrogen-bond donors (Lipinski definition) is 3. The molecule has 0 heterocycles. The molecule has 1 amide bonds. The summed E-state index contributed by atoms with van der Waals surface area (Å²) in [5.74, 6) is -1.39. The summed E-state index contributed by atoms with van der Waals surface area (Å²) in [7, 11) is 0. The van der Waals surface area contributed by atoms with Gasteiger partial charge in [-0.2, -0.15) is 0 Å². The highest BCUT2D eigenvalue weighted by Gasteiger charge is 2.25. The molecule has 0 fully saturated rings. The first-order valence-electron chi connectivity index (χ1n) is 5.00. The smallest absolute Gasteiger partial charge is 0.332 e. The minimum absolute atomic E-state index is 0.0286. The Hall–Kier alpha value is -1.10. The highest BCUT2D eigenvalue weighted by atomic mass is 16.4. The maximum Gasteiger partial charge on any atom is 0.332 e. The van der Waals surface area contributed by atoms with E-state index in [1.165, 1.54) is 0 Å². The van der Waals surface area contributed by atoms with Crippen molar-refractivity contribution in [3.05, 3.63) is 0 Å². The van der Waals surface area contributed by atoms with Crippen LogP contribution in [-0.2, 0) is 9.59 Å². The average molecular weight is 217 g/mol. The molecule has 0 aromatic rings. The van der Waals surface area contributed by atoms with Crippen LogP contribution in [0.2, 0.25) is 0 Å². The number of carboxylic acid groups (broad SMARTS) is 1. The van der Waals surface area contributed by atoms with Gasteiger partial charge in [-0.15, -0.1) is 0 Å². The molecule has 0 saturated carbocycles. The molecule has 0 aliphatic heterocycles. The van der Waals surface area contributed by atoms with E-state index in [1.54, 1.807) is 0 Å². The van der Waals surface area contributed by atoms with E-state index >= 15 is 0 Å². The first kappa shape index (κ1) is 13.9. The van der Waals surface area contributed by atoms with E-state index in [1.807, 2.05) is 20.8 Å². The lowest BCUT2D eigenvalue weighted by atomic mass is 9.89. The summed E-state index contributed by atoms with van der Waals surface area (Å²) in [6.07, 6.45) is -0.670. The SMILES string of the molecule is CCC(C)(C)C(=O)NCCC(O)C(=O)O. The van der Waals surface area contributed by atoms with E-state index in [4.69, 9.17) is 10.2 Å². The van der Waals surface area contributed by atoms with Crippen molar-refractivity contribution in [1.29, 1.82) is 0 Å². The topological polar surface area (TPSA) is 86.6 Å². The summed E-state index contributed by atoms with van der Waals surface area (Å²) >= 11 is 0. The lowest BCUT2D eigenvalue weighted by Crippen LogP contribution is -2.38. The molecule has 15 heavy (non-hydrogen) atoms. The zero-order chi connectivity index (χ0) is 12.1. The molecule has 0 aliphatic rings. The molecule has 1 unspecified atom stereocenters. The third-order valence-corrected chi connectivity index (χ3v) is 2.49. The van der Waals surface area contributed by atoms with Crippen LogP contribution in [0.15, 0.2) is 0 Å². The van der Waals surface area contributed by atoms with Crippen LogP contribution in [0.1, 0.15) is 33.6 Å². The molecule has 0 aliphatic carbocycles. The van der Waals surface area contributed by atoms with Gasteiger partial charge in [-0.25, -0.2) is 4.79 Å². The fraction of sp³-hybridized carbons (Fsp3) is 0.800. The van der Waals surface area contributed by atoms with Crippen molar-refractivity contribution in [2.24, 2.45) is 5.41 Å². The number of carbonyl (C=O) groups excluding carboxylic acids is 1. The van der Waals surface area contributed by atoms with Crippen LogP contribution in [0.25, 0.3) is 0 Å². The van der Waals surface area contributed by atoms with Crippen molar-refractivity contribution in [2.45, 2.75) is 39.7 Å². The number of rotatable bonds is 6. The van der Waals surface area contributed by atoms with E-state index in [2.05, 4.69) is 5.32 Å². The van der Waals surface area contributed by atoms with Gasteiger partial charge in [0, 0.05) is 18.4 Å². The quantitative estimate of drug-likeness (QED) is 0.600. The first-order valence-corrected chi connectivity index (χ1v) is 5.00. The minimum atomic E-state index is -1.41. The summed E-state index contributed by atoms with van der Waals surface area (Å²) < 4.78 is 0. The summed E-state index contributed by atoms with van der Waals surface area (Å²) in [6.45, 7) is 5.72. The second kappa shape index (κ2) is 5.70. The average Bonchev–Trinajstić information content (AvgIpc) is 2.17. The zero-order valence-corrected chi connectivity index (χ0v) is 9.41. The van der Waals surface area contributed by atoms with Crippen LogP contribution < -0.4 is 5.32 Å². The molecule has 5 nitrogen and oxygen atoms in total. The highest BCUT2D eigenvalue weighted by Crippen LogP contribution is 2.19. The fourth-order valence-corrected chi connectivity index (χ4v) is 0.846. The number of amides is 1. The van der Waals surface area contributed by atoms with Crippen molar-refractivity contribution < 1.29 is 19.8 Å². The summed E-state index contributed by atoms with van der Waals surface area (Å²) in [5.41, 5.74) is -0.450. The molecule has 0 radical (unpaired) electrons. The van der Waals surface area contributed by atoms with Gasteiger partial charge in [-0.05, 0) is 6.42 Å². The van der Waals surface area contributed by atoms with E-state index in [0.717, 1.165) is 0 Å². The maximum atomic E-state index is 11.5. The molecular weight excluding hydrogens is 198 g/mol. The molecule has 5 heteroatoms. The van der Waals surface area contributed by atoms with Gasteiger partial charge in [0.1, 0.15) is 0 Å². The Balaban J connectivity index is 3.88. The molecule has 0 aromatic heterocycles. The number of nitrogens with one attached hydrogen (secondary N) is 1. The number of hydrogen-bond acceptors (Lipinski definition) is 3. The van der Waals surface area contributed by atoms with Crippen LogP contribution in [0, 0.1) is 5.41 Å². The Kier molecular flexibility index (Phi) is 5.28. The fourth-order valence-electron chi connectivity index (χ4n) is 0.846. The molecule has 0 spiro atoms. The van der Waals surface area contributed by atoms with Crippen molar-refractivity contribution >= 4 is 11.9 Å². The third kappa shape index (κ3) is 4.78. The lowest BCUT2D eigenvalue weighted by molar-refractivity contribution is -0.147. The molecular formula is C10H19NO4. The maximum absolute atomic E-state index is 11.5. The van der Waals surface area contributed by atoms with Crippen molar-refractivity contribution in [2.75, 3.05) is 6.54 Å². The summed E-state index contributed by atoms with van der Waals surface area (Å²) in [4.78, 5) is 21.8. The Bertz CT molecular complexity index is 238. The number of aliphatic hydroxyl groups excluding tert-OH is 1. The molecule has 0 saturated heterocycles. The number of aliphatic carboxylic acids is 1. The predicted molar refractivity (Wildman–Crippen MR) is 55.3 cm³/mol. The van der Waals surface area contributed by atoms with Crippen LogP contribution in [0.5, 0.6) is 0 Å². The van der Waals surface area contributed by atoms with E-state index in [9.17, 15) is 9.59 Å². The number of carbonyl (C=O) groups is 2. The monoisotopic (exact) mass is 217 g/mol. The van der Waals surface area contributed by atoms with Gasteiger partial charge in [0.25, 0.3) is 0 Å². The van der Waals surface area contributed by atoms with Gasteiger partial charge in [0.2, 0.25) is 5.91 Å². The standard InChI is InChI=1S/C10H19NO4/c1-4-10(2,3)9(15)11-6-5-7(12)8(13)14/h7,12H,4-6H2,1-3H3,(H,11,15)(H,13,14). The molecule has 1 atom stereocenters. The second-order valence-corrected chi connectivity index (χ2v) is 4.14. The highest BCUT2D eigenvalue weighted by molar-refractivity contribution is 5.81. The predicted octanol–water partition coefficient (Wildman–Crippen LogP) is 0.374. The van der Waals surface area contributed by atoms with Crippen molar-refractivity contribution in [3.8, 4) is 0 Å². The molecule has 88 valence electrons. The Labute approximate surface area is 89.5 Å². The van der Waals surface area contributed by atoms with Gasteiger partial charge >= 0.3 is 5.97 Å². The number of carboxylic acids is 1. The van der Waals surface area contributed by atoms with Crippen molar-refractivity contribution in [3.63, 3.8) is 0 Å². The normalized spacial score (nSPS) is 13.3. The zero-order valence-electron chi connectivity index (χ0n) is 9.41. The molecule has 0 bridgehead atoms.